The number of carbonyl (C=O) groups is 2. The molecule has 0 N–H and O–H groups in total. The molecular formula is C32H50O4. The Morgan fingerprint density at radius 1 is 1.03 bits per heavy atom. The molecule has 4 saturated carbocycles. The summed E-state index contributed by atoms with van der Waals surface area (Å²) in [5, 5.41) is 0. The van der Waals surface area contributed by atoms with Gasteiger partial charge in [-0.15, -0.1) is 0 Å². The van der Waals surface area contributed by atoms with Crippen LogP contribution >= 0.6 is 0 Å². The molecule has 0 aromatic carbocycles. The van der Waals surface area contributed by atoms with Gasteiger partial charge in [-0.25, -0.2) is 4.79 Å². The van der Waals surface area contributed by atoms with Gasteiger partial charge in [0.25, 0.3) is 0 Å². The monoisotopic (exact) mass is 498 g/mol. The zero-order valence-electron chi connectivity index (χ0n) is 24.2. The van der Waals surface area contributed by atoms with Gasteiger partial charge in [-0.1, -0.05) is 47.6 Å². The average Bonchev–Trinajstić information content (AvgIpc) is 3.45. The van der Waals surface area contributed by atoms with Crippen LogP contribution in [0, 0.1) is 39.4 Å². The van der Waals surface area contributed by atoms with E-state index < -0.39 is 0 Å². The first kappa shape index (κ1) is 26.4. The number of fused-ring (bicyclic) bond motifs is 2. The molecule has 0 aromatic rings. The van der Waals surface area contributed by atoms with Crippen molar-refractivity contribution in [1.29, 1.82) is 0 Å². The van der Waals surface area contributed by atoms with Crippen LogP contribution in [0.3, 0.4) is 0 Å². The third-order valence-corrected chi connectivity index (χ3v) is 13.2. The molecule has 8 atom stereocenters. The number of carbonyl (C=O) groups excluding carboxylic acids is 2. The molecule has 0 amide bonds. The Balaban J connectivity index is 1.36. The van der Waals surface area contributed by atoms with Gasteiger partial charge in [-0.2, -0.15) is 0 Å². The summed E-state index contributed by atoms with van der Waals surface area (Å²) in [7, 11) is 0. The van der Waals surface area contributed by atoms with Crippen LogP contribution in [0.4, 0.5) is 0 Å². The van der Waals surface area contributed by atoms with E-state index in [-0.39, 0.29) is 38.8 Å². The number of ether oxygens (including phenoxy) is 2. The molecule has 0 radical (unpaired) electrons. The predicted molar refractivity (Wildman–Crippen MR) is 142 cm³/mol. The Morgan fingerprint density at radius 3 is 2.44 bits per heavy atom. The van der Waals surface area contributed by atoms with E-state index in [9.17, 15) is 9.59 Å². The number of ketones is 1. The topological polar surface area (TPSA) is 55.9 Å². The maximum Gasteiger partial charge on any atom is 0.333 e. The molecule has 1 heterocycles. The fraction of sp³-hybridized carbons (Fsp3) is 0.875. The highest BCUT2D eigenvalue weighted by Crippen LogP contribution is 2.86. The lowest BCUT2D eigenvalue weighted by atomic mass is 9.38. The van der Waals surface area contributed by atoms with Gasteiger partial charge >= 0.3 is 5.97 Å². The summed E-state index contributed by atoms with van der Waals surface area (Å²) in [5.74, 6) is 2.01. The third-order valence-electron chi connectivity index (χ3n) is 13.2. The van der Waals surface area contributed by atoms with Crippen molar-refractivity contribution >= 4 is 11.8 Å². The zero-order valence-corrected chi connectivity index (χ0v) is 24.2. The molecule has 0 aromatic heterocycles. The first-order chi connectivity index (χ1) is 16.8. The fourth-order valence-electron chi connectivity index (χ4n) is 10.9. The Bertz CT molecular complexity index is 981. The second kappa shape index (κ2) is 8.17. The van der Waals surface area contributed by atoms with E-state index in [0.717, 1.165) is 44.1 Å². The van der Waals surface area contributed by atoms with Crippen LogP contribution in [0.15, 0.2) is 11.6 Å². The quantitative estimate of drug-likeness (QED) is 0.217. The maximum atomic E-state index is 12.9. The summed E-state index contributed by atoms with van der Waals surface area (Å²) in [4.78, 5) is 24.9. The van der Waals surface area contributed by atoms with Crippen molar-refractivity contribution in [3.63, 3.8) is 0 Å². The van der Waals surface area contributed by atoms with Crippen LogP contribution in [0.5, 0.6) is 0 Å². The van der Waals surface area contributed by atoms with E-state index in [1.165, 1.54) is 19.3 Å². The van der Waals surface area contributed by atoms with Crippen LogP contribution in [0.2, 0.25) is 0 Å². The van der Waals surface area contributed by atoms with Crippen molar-refractivity contribution in [1.82, 2.24) is 0 Å². The molecule has 4 heteroatoms. The minimum atomic E-state index is -0.233. The summed E-state index contributed by atoms with van der Waals surface area (Å²) in [5.41, 5.74) is 1.02. The predicted octanol–water partition coefficient (Wildman–Crippen LogP) is 7.44. The lowest BCUT2D eigenvalue weighted by Gasteiger charge is -2.62. The number of hydrogen-bond donors (Lipinski definition) is 0. The van der Waals surface area contributed by atoms with Crippen molar-refractivity contribution < 1.29 is 19.1 Å². The highest BCUT2D eigenvalue weighted by molar-refractivity contribution is 5.87. The number of Topliss-reactive ketones (excluding diaryl/α,β-unsaturated/α-hetero) is 1. The number of hydrogen-bond acceptors (Lipinski definition) is 4. The molecule has 4 nitrogen and oxygen atoms in total. The van der Waals surface area contributed by atoms with Crippen molar-refractivity contribution in [2.75, 3.05) is 6.61 Å². The lowest BCUT2D eigenvalue weighted by Crippen LogP contribution is -2.65. The molecule has 0 bridgehead atoms. The summed E-state index contributed by atoms with van der Waals surface area (Å²) in [6.07, 6.45) is 13.0. The Labute approximate surface area is 219 Å². The van der Waals surface area contributed by atoms with Crippen LogP contribution in [0.25, 0.3) is 0 Å². The van der Waals surface area contributed by atoms with Crippen LogP contribution in [0.1, 0.15) is 120 Å². The molecule has 3 unspecified atom stereocenters. The van der Waals surface area contributed by atoms with E-state index in [4.69, 9.17) is 9.47 Å². The second-order valence-electron chi connectivity index (χ2n) is 14.5. The van der Waals surface area contributed by atoms with Crippen molar-refractivity contribution in [2.45, 2.75) is 131 Å². The van der Waals surface area contributed by atoms with Gasteiger partial charge in [0.1, 0.15) is 17.0 Å². The number of epoxide rings is 1. The van der Waals surface area contributed by atoms with E-state index in [0.29, 0.717) is 36.6 Å². The molecule has 1 aliphatic heterocycles. The van der Waals surface area contributed by atoms with E-state index in [1.54, 1.807) is 0 Å². The van der Waals surface area contributed by atoms with E-state index >= 15 is 0 Å². The highest BCUT2D eigenvalue weighted by Gasteiger charge is 2.90. The SMILES string of the molecule is CCOC(=O)C(C)=CCC[C@@H](C)[C@H]1CC[C@@]2(C)C34CCC5C(C)(C)C(=O)CC[C@]5(C)C3(CC[C@]12C)O4. The first-order valence-electron chi connectivity index (χ1n) is 14.8. The van der Waals surface area contributed by atoms with Crippen molar-refractivity contribution in [3.05, 3.63) is 11.6 Å². The Hall–Kier alpha value is -1.16. The maximum absolute atomic E-state index is 12.9. The first-order valence-corrected chi connectivity index (χ1v) is 14.8. The van der Waals surface area contributed by atoms with Gasteiger partial charge in [0, 0.05) is 28.2 Å². The number of rotatable bonds is 6. The van der Waals surface area contributed by atoms with E-state index in [2.05, 4.69) is 47.6 Å². The second-order valence-corrected chi connectivity index (χ2v) is 14.5. The largest absolute Gasteiger partial charge is 0.463 e. The van der Waals surface area contributed by atoms with Gasteiger partial charge in [0.05, 0.1) is 6.61 Å². The molecule has 5 rings (SSSR count). The molecule has 4 aliphatic carbocycles. The molecule has 36 heavy (non-hydrogen) atoms. The smallest absolute Gasteiger partial charge is 0.333 e. The normalized spacial score (nSPS) is 47.8. The number of allylic oxidation sites excluding steroid dienone is 1. The van der Waals surface area contributed by atoms with E-state index in [1.807, 2.05) is 13.8 Å². The highest BCUT2D eigenvalue weighted by atomic mass is 16.6. The summed E-state index contributed by atoms with van der Waals surface area (Å²) in [6.45, 7) is 18.7. The van der Waals surface area contributed by atoms with Gasteiger partial charge < -0.3 is 9.47 Å². The Kier molecular flexibility index (Phi) is 6.00. The molecular weight excluding hydrogens is 448 g/mol. The summed E-state index contributed by atoms with van der Waals surface area (Å²) >= 11 is 0. The van der Waals surface area contributed by atoms with Gasteiger partial charge in [0.2, 0.25) is 0 Å². The van der Waals surface area contributed by atoms with Gasteiger partial charge in [-0.3, -0.25) is 4.79 Å². The lowest BCUT2D eigenvalue weighted by molar-refractivity contribution is -0.154. The van der Waals surface area contributed by atoms with Crippen LogP contribution in [-0.4, -0.2) is 29.6 Å². The number of esters is 1. The zero-order chi connectivity index (χ0) is 26.4. The fourth-order valence-corrected chi connectivity index (χ4v) is 10.9. The molecule has 1 saturated heterocycles. The Morgan fingerprint density at radius 2 is 1.75 bits per heavy atom. The standard InChI is InChI=1S/C32H50O4/c1-9-35-26(34)22(3)12-10-11-21(2)23-13-17-30(8)28(23,6)19-20-31-29(7)16-15-25(33)27(4,5)24(29)14-18-32(30,31)36-31/h12,21,23-24H,9-11,13-20H2,1-8H3/t21-,23-,24?,28-,29+,30-,31?,32?/m1/s1. The van der Waals surface area contributed by atoms with Crippen LogP contribution in [-0.2, 0) is 19.1 Å². The van der Waals surface area contributed by atoms with Crippen LogP contribution < -0.4 is 0 Å². The molecule has 202 valence electrons. The van der Waals surface area contributed by atoms with Crippen molar-refractivity contribution in [3.8, 4) is 0 Å². The third kappa shape index (κ3) is 3.03. The summed E-state index contributed by atoms with van der Waals surface area (Å²) < 4.78 is 12.4. The summed E-state index contributed by atoms with van der Waals surface area (Å²) in [6, 6.07) is 0. The molecule has 0 spiro atoms. The minimum Gasteiger partial charge on any atom is -0.463 e. The van der Waals surface area contributed by atoms with Crippen molar-refractivity contribution in [2.24, 2.45) is 39.4 Å². The van der Waals surface area contributed by atoms with Gasteiger partial charge in [-0.05, 0) is 94.8 Å². The average molecular weight is 499 g/mol. The minimum absolute atomic E-state index is 0.0103. The molecule has 5 aliphatic rings. The van der Waals surface area contributed by atoms with Gasteiger partial charge in [0.15, 0.2) is 0 Å². The molecule has 5 fully saturated rings.